The number of aromatic nitrogens is 2. The molecule has 0 unspecified atom stereocenters. The fourth-order valence-electron chi connectivity index (χ4n) is 1.90. The Morgan fingerprint density at radius 1 is 1.26 bits per heavy atom. The molecule has 0 fully saturated rings. The molecule has 2 aromatic rings. The SMILES string of the molecule is CCN(c1ccccc1)c1nc(C)nc(Cl)c1C=O. The first-order chi connectivity index (χ1) is 9.17. The van der Waals surface area contributed by atoms with Crippen molar-refractivity contribution < 1.29 is 4.79 Å². The maximum absolute atomic E-state index is 11.2. The van der Waals surface area contributed by atoms with Crippen molar-refractivity contribution >= 4 is 29.4 Å². The number of carbonyl (C=O) groups excluding carboxylic acids is 1. The molecule has 4 nitrogen and oxygen atoms in total. The first kappa shape index (κ1) is 13.5. The summed E-state index contributed by atoms with van der Waals surface area (Å²) in [5.41, 5.74) is 1.28. The van der Waals surface area contributed by atoms with E-state index in [9.17, 15) is 4.79 Å². The minimum Gasteiger partial charge on any atom is -0.326 e. The van der Waals surface area contributed by atoms with Gasteiger partial charge >= 0.3 is 0 Å². The lowest BCUT2D eigenvalue weighted by atomic mass is 10.2. The molecule has 19 heavy (non-hydrogen) atoms. The smallest absolute Gasteiger partial charge is 0.156 e. The number of hydrogen-bond donors (Lipinski definition) is 0. The molecule has 98 valence electrons. The van der Waals surface area contributed by atoms with Crippen molar-refractivity contribution in [2.24, 2.45) is 0 Å². The number of para-hydroxylation sites is 1. The summed E-state index contributed by atoms with van der Waals surface area (Å²) in [7, 11) is 0. The molecule has 0 bridgehead atoms. The third-order valence-electron chi connectivity index (χ3n) is 2.75. The number of aldehydes is 1. The van der Waals surface area contributed by atoms with Gasteiger partial charge in [-0.3, -0.25) is 4.79 Å². The van der Waals surface area contributed by atoms with Crippen LogP contribution in [0.25, 0.3) is 0 Å². The average molecular weight is 276 g/mol. The van der Waals surface area contributed by atoms with E-state index in [2.05, 4.69) is 9.97 Å². The third-order valence-corrected chi connectivity index (χ3v) is 3.04. The van der Waals surface area contributed by atoms with Crippen molar-refractivity contribution in [1.29, 1.82) is 0 Å². The lowest BCUT2D eigenvalue weighted by Crippen LogP contribution is -2.20. The zero-order valence-corrected chi connectivity index (χ0v) is 11.6. The zero-order chi connectivity index (χ0) is 13.8. The standard InChI is InChI=1S/C14H14ClN3O/c1-3-18(11-7-5-4-6-8-11)14-12(9-19)13(15)16-10(2)17-14/h4-9H,3H2,1-2H3. The highest BCUT2D eigenvalue weighted by Gasteiger charge is 2.17. The summed E-state index contributed by atoms with van der Waals surface area (Å²) < 4.78 is 0. The van der Waals surface area contributed by atoms with Crippen molar-refractivity contribution in [3.05, 3.63) is 46.9 Å². The topological polar surface area (TPSA) is 46.1 Å². The van der Waals surface area contributed by atoms with Crippen molar-refractivity contribution in [2.75, 3.05) is 11.4 Å². The number of hydrogen-bond acceptors (Lipinski definition) is 4. The third kappa shape index (κ3) is 2.74. The van der Waals surface area contributed by atoms with Crippen LogP contribution in [0, 0.1) is 6.92 Å². The van der Waals surface area contributed by atoms with Crippen LogP contribution >= 0.6 is 11.6 Å². The van der Waals surface area contributed by atoms with E-state index in [-0.39, 0.29) is 5.15 Å². The molecule has 2 rings (SSSR count). The number of halogens is 1. The lowest BCUT2D eigenvalue weighted by molar-refractivity contribution is 0.112. The van der Waals surface area contributed by atoms with Crippen molar-refractivity contribution in [1.82, 2.24) is 9.97 Å². The second-order valence-corrected chi connectivity index (χ2v) is 4.35. The van der Waals surface area contributed by atoms with Gasteiger partial charge in [0.05, 0.1) is 5.56 Å². The quantitative estimate of drug-likeness (QED) is 0.634. The fraction of sp³-hybridized carbons (Fsp3) is 0.214. The summed E-state index contributed by atoms with van der Waals surface area (Å²) in [5, 5.41) is 0.187. The van der Waals surface area contributed by atoms with Crippen LogP contribution in [-0.2, 0) is 0 Å². The molecule has 0 aliphatic heterocycles. The molecule has 0 radical (unpaired) electrons. The molecule has 0 spiro atoms. The van der Waals surface area contributed by atoms with Gasteiger partial charge in [-0.1, -0.05) is 29.8 Å². The summed E-state index contributed by atoms with van der Waals surface area (Å²) in [6, 6.07) is 9.74. The van der Waals surface area contributed by atoms with Gasteiger partial charge in [-0.15, -0.1) is 0 Å². The van der Waals surface area contributed by atoms with Crippen LogP contribution in [0.2, 0.25) is 5.15 Å². The number of benzene rings is 1. The molecule has 0 N–H and O–H groups in total. The predicted octanol–water partition coefficient (Wildman–Crippen LogP) is 3.41. The molecule has 1 aromatic carbocycles. The summed E-state index contributed by atoms with van der Waals surface area (Å²) in [5.74, 6) is 1.08. The first-order valence-electron chi connectivity index (χ1n) is 5.99. The second-order valence-electron chi connectivity index (χ2n) is 4.00. The van der Waals surface area contributed by atoms with Gasteiger partial charge in [-0.25, -0.2) is 9.97 Å². The van der Waals surface area contributed by atoms with Crippen molar-refractivity contribution in [3.63, 3.8) is 0 Å². The fourth-order valence-corrected chi connectivity index (χ4v) is 2.15. The van der Waals surface area contributed by atoms with Gasteiger partial charge in [0.25, 0.3) is 0 Å². The Kier molecular flexibility index (Phi) is 4.12. The van der Waals surface area contributed by atoms with E-state index < -0.39 is 0 Å². The Balaban J connectivity index is 2.58. The summed E-state index contributed by atoms with van der Waals surface area (Å²) in [4.78, 5) is 21.5. The predicted molar refractivity (Wildman–Crippen MR) is 76.3 cm³/mol. The van der Waals surface area contributed by atoms with Gasteiger partial charge in [-0.2, -0.15) is 0 Å². The van der Waals surface area contributed by atoms with E-state index in [1.165, 1.54) is 0 Å². The summed E-state index contributed by atoms with van der Waals surface area (Å²) in [6.07, 6.45) is 0.697. The largest absolute Gasteiger partial charge is 0.326 e. The number of anilines is 2. The van der Waals surface area contributed by atoms with Gasteiger partial charge in [-0.05, 0) is 26.0 Å². The molecular formula is C14H14ClN3O. The van der Waals surface area contributed by atoms with Gasteiger partial charge in [0.15, 0.2) is 6.29 Å². The minimum atomic E-state index is 0.187. The van der Waals surface area contributed by atoms with Gasteiger partial charge in [0.1, 0.15) is 16.8 Å². The lowest BCUT2D eigenvalue weighted by Gasteiger charge is -2.23. The molecule has 0 saturated heterocycles. The highest BCUT2D eigenvalue weighted by molar-refractivity contribution is 6.32. The van der Waals surface area contributed by atoms with E-state index in [0.29, 0.717) is 30.0 Å². The molecule has 5 heteroatoms. The molecule has 0 aliphatic rings. The Hall–Kier alpha value is -1.94. The van der Waals surface area contributed by atoms with Crippen LogP contribution in [0.4, 0.5) is 11.5 Å². The normalized spacial score (nSPS) is 10.3. The maximum Gasteiger partial charge on any atom is 0.156 e. The highest BCUT2D eigenvalue weighted by atomic mass is 35.5. The molecule has 1 aromatic heterocycles. The second kappa shape index (κ2) is 5.80. The van der Waals surface area contributed by atoms with E-state index >= 15 is 0 Å². The summed E-state index contributed by atoms with van der Waals surface area (Å²) >= 11 is 6.01. The average Bonchev–Trinajstić information content (AvgIpc) is 2.40. The van der Waals surface area contributed by atoms with Crippen molar-refractivity contribution in [2.45, 2.75) is 13.8 Å². The van der Waals surface area contributed by atoms with Gasteiger partial charge in [0, 0.05) is 12.2 Å². The Morgan fingerprint density at radius 2 is 1.95 bits per heavy atom. The Bertz CT molecular complexity index is 587. The Labute approximate surface area is 117 Å². The molecule has 0 aliphatic carbocycles. The van der Waals surface area contributed by atoms with Crippen LogP contribution in [-0.4, -0.2) is 22.8 Å². The zero-order valence-electron chi connectivity index (χ0n) is 10.8. The highest BCUT2D eigenvalue weighted by Crippen LogP contribution is 2.28. The van der Waals surface area contributed by atoms with Crippen molar-refractivity contribution in [3.8, 4) is 0 Å². The van der Waals surface area contributed by atoms with E-state index in [0.717, 1.165) is 5.69 Å². The first-order valence-corrected chi connectivity index (χ1v) is 6.37. The van der Waals surface area contributed by atoms with Crippen LogP contribution in [0.5, 0.6) is 0 Å². The number of carbonyl (C=O) groups is 1. The molecule has 0 atom stereocenters. The Morgan fingerprint density at radius 3 is 2.53 bits per heavy atom. The molecular weight excluding hydrogens is 262 g/mol. The minimum absolute atomic E-state index is 0.187. The number of rotatable bonds is 4. The van der Waals surface area contributed by atoms with E-state index in [1.54, 1.807) is 6.92 Å². The maximum atomic E-state index is 11.2. The monoisotopic (exact) mass is 275 g/mol. The van der Waals surface area contributed by atoms with Gasteiger partial charge in [0.2, 0.25) is 0 Å². The number of aryl methyl sites for hydroxylation is 1. The van der Waals surface area contributed by atoms with E-state index in [4.69, 9.17) is 11.6 Å². The van der Waals surface area contributed by atoms with Crippen LogP contribution in [0.3, 0.4) is 0 Å². The molecule has 0 saturated carbocycles. The molecule has 1 heterocycles. The summed E-state index contributed by atoms with van der Waals surface area (Å²) in [6.45, 7) is 4.42. The van der Waals surface area contributed by atoms with Crippen LogP contribution < -0.4 is 4.90 Å². The van der Waals surface area contributed by atoms with Gasteiger partial charge < -0.3 is 4.90 Å². The van der Waals surface area contributed by atoms with Crippen LogP contribution in [0.1, 0.15) is 23.1 Å². The molecule has 0 amide bonds. The van der Waals surface area contributed by atoms with E-state index in [1.807, 2.05) is 42.2 Å². The number of nitrogens with zero attached hydrogens (tertiary/aromatic N) is 3. The van der Waals surface area contributed by atoms with Crippen LogP contribution in [0.15, 0.2) is 30.3 Å².